The Bertz CT molecular complexity index is 800. The maximum atomic E-state index is 12.6. The molecule has 1 aliphatic heterocycles. The van der Waals surface area contributed by atoms with E-state index in [2.05, 4.69) is 6.07 Å². The fraction of sp³-hybridized carbons (Fsp3) is 0.300. The molecule has 0 aliphatic carbocycles. The lowest BCUT2D eigenvalue weighted by Crippen LogP contribution is -2.36. The SMILES string of the molecule is COc1ccc2c(c1)CN(C(=O)CCc1ccccc1C(=O)O)CC2. The highest BCUT2D eigenvalue weighted by molar-refractivity contribution is 5.89. The van der Waals surface area contributed by atoms with Crippen LogP contribution in [0.2, 0.25) is 0 Å². The van der Waals surface area contributed by atoms with E-state index >= 15 is 0 Å². The molecule has 130 valence electrons. The van der Waals surface area contributed by atoms with E-state index in [4.69, 9.17) is 4.74 Å². The van der Waals surface area contributed by atoms with Crippen molar-refractivity contribution in [1.29, 1.82) is 0 Å². The van der Waals surface area contributed by atoms with Crippen LogP contribution in [0, 0.1) is 0 Å². The summed E-state index contributed by atoms with van der Waals surface area (Å²) in [7, 11) is 1.63. The summed E-state index contributed by atoms with van der Waals surface area (Å²) >= 11 is 0. The summed E-state index contributed by atoms with van der Waals surface area (Å²) in [6.45, 7) is 1.27. The van der Waals surface area contributed by atoms with Crippen LogP contribution in [-0.4, -0.2) is 35.5 Å². The number of carboxylic acid groups (broad SMARTS) is 1. The molecule has 0 unspecified atom stereocenters. The van der Waals surface area contributed by atoms with Gasteiger partial charge in [0, 0.05) is 19.5 Å². The first-order valence-corrected chi connectivity index (χ1v) is 8.33. The molecule has 0 saturated heterocycles. The van der Waals surface area contributed by atoms with Crippen molar-refractivity contribution in [3.05, 3.63) is 64.7 Å². The zero-order chi connectivity index (χ0) is 17.8. The Labute approximate surface area is 146 Å². The van der Waals surface area contributed by atoms with Gasteiger partial charge in [0.15, 0.2) is 0 Å². The van der Waals surface area contributed by atoms with Crippen molar-refractivity contribution in [2.45, 2.75) is 25.8 Å². The molecule has 0 bridgehead atoms. The number of hydrogen-bond acceptors (Lipinski definition) is 3. The molecule has 0 atom stereocenters. The van der Waals surface area contributed by atoms with Crippen LogP contribution in [0.3, 0.4) is 0 Å². The van der Waals surface area contributed by atoms with Crippen LogP contribution in [-0.2, 0) is 24.2 Å². The molecule has 0 aromatic heterocycles. The van der Waals surface area contributed by atoms with Gasteiger partial charge in [-0.3, -0.25) is 4.79 Å². The average molecular weight is 339 g/mol. The Kier molecular flexibility index (Phi) is 5.03. The van der Waals surface area contributed by atoms with Gasteiger partial charge in [-0.25, -0.2) is 4.79 Å². The number of aryl methyl sites for hydroxylation is 1. The van der Waals surface area contributed by atoms with Crippen LogP contribution in [0.15, 0.2) is 42.5 Å². The van der Waals surface area contributed by atoms with Crippen LogP contribution < -0.4 is 4.74 Å². The van der Waals surface area contributed by atoms with Gasteiger partial charge >= 0.3 is 5.97 Å². The molecule has 1 aliphatic rings. The quantitative estimate of drug-likeness (QED) is 0.909. The minimum Gasteiger partial charge on any atom is -0.497 e. The first kappa shape index (κ1) is 17.0. The number of aromatic carboxylic acids is 1. The summed E-state index contributed by atoms with van der Waals surface area (Å²) in [5, 5.41) is 9.23. The van der Waals surface area contributed by atoms with E-state index in [9.17, 15) is 14.7 Å². The molecule has 3 rings (SSSR count). The van der Waals surface area contributed by atoms with Gasteiger partial charge in [0.25, 0.3) is 0 Å². The summed E-state index contributed by atoms with van der Waals surface area (Å²) in [4.78, 5) is 25.7. The summed E-state index contributed by atoms with van der Waals surface area (Å²) in [6.07, 6.45) is 1.57. The number of rotatable bonds is 5. The number of benzene rings is 2. The van der Waals surface area contributed by atoms with Crippen LogP contribution in [0.1, 0.15) is 33.5 Å². The van der Waals surface area contributed by atoms with Crippen molar-refractivity contribution < 1.29 is 19.4 Å². The summed E-state index contributed by atoms with van der Waals surface area (Å²) in [5.74, 6) is -0.112. The van der Waals surface area contributed by atoms with Crippen molar-refractivity contribution in [3.63, 3.8) is 0 Å². The lowest BCUT2D eigenvalue weighted by molar-refractivity contribution is -0.132. The topological polar surface area (TPSA) is 66.8 Å². The number of nitrogens with zero attached hydrogens (tertiary/aromatic N) is 1. The molecule has 2 aromatic rings. The lowest BCUT2D eigenvalue weighted by atomic mass is 9.98. The first-order chi connectivity index (χ1) is 12.1. The average Bonchev–Trinajstić information content (AvgIpc) is 2.65. The molecule has 5 nitrogen and oxygen atoms in total. The van der Waals surface area contributed by atoms with Crippen molar-refractivity contribution in [3.8, 4) is 5.75 Å². The second kappa shape index (κ2) is 7.38. The van der Waals surface area contributed by atoms with Crippen molar-refractivity contribution in [1.82, 2.24) is 4.90 Å². The predicted molar refractivity (Wildman–Crippen MR) is 93.8 cm³/mol. The minimum atomic E-state index is -0.956. The normalized spacial score (nSPS) is 13.2. The molecule has 1 heterocycles. The molecule has 0 radical (unpaired) electrons. The molecular weight excluding hydrogens is 318 g/mol. The summed E-state index contributed by atoms with van der Waals surface area (Å²) in [6, 6.07) is 12.8. The Morgan fingerprint density at radius 1 is 1.16 bits per heavy atom. The zero-order valence-electron chi connectivity index (χ0n) is 14.2. The van der Waals surface area contributed by atoms with E-state index in [0.717, 1.165) is 17.7 Å². The molecule has 25 heavy (non-hydrogen) atoms. The number of hydrogen-bond donors (Lipinski definition) is 1. The zero-order valence-corrected chi connectivity index (χ0v) is 14.2. The van der Waals surface area contributed by atoms with Crippen LogP contribution in [0.4, 0.5) is 0 Å². The smallest absolute Gasteiger partial charge is 0.335 e. The first-order valence-electron chi connectivity index (χ1n) is 8.33. The highest BCUT2D eigenvalue weighted by Gasteiger charge is 2.21. The number of carboxylic acids is 1. The number of fused-ring (bicyclic) bond motifs is 1. The molecule has 1 N–H and O–H groups in total. The third kappa shape index (κ3) is 3.82. The molecule has 0 fully saturated rings. The fourth-order valence-corrected chi connectivity index (χ4v) is 3.22. The largest absolute Gasteiger partial charge is 0.497 e. The molecule has 2 aromatic carbocycles. The molecule has 0 saturated carbocycles. The van der Waals surface area contributed by atoms with Gasteiger partial charge in [-0.15, -0.1) is 0 Å². The van der Waals surface area contributed by atoms with Crippen molar-refractivity contribution in [2.75, 3.05) is 13.7 Å². The monoisotopic (exact) mass is 339 g/mol. The van der Waals surface area contributed by atoms with Gasteiger partial charge in [-0.2, -0.15) is 0 Å². The number of carbonyl (C=O) groups excluding carboxylic acids is 1. The molecule has 1 amide bonds. The van der Waals surface area contributed by atoms with Gasteiger partial charge < -0.3 is 14.7 Å². The van der Waals surface area contributed by atoms with Crippen LogP contribution >= 0.6 is 0 Å². The molecule has 5 heteroatoms. The van der Waals surface area contributed by atoms with E-state index in [0.29, 0.717) is 31.5 Å². The lowest BCUT2D eigenvalue weighted by Gasteiger charge is -2.29. The standard InChI is InChI=1S/C20H21NO4/c1-25-17-8-6-14-10-11-21(13-16(14)12-17)19(22)9-7-15-4-2-3-5-18(15)20(23)24/h2-6,8,12H,7,9-11,13H2,1H3,(H,23,24). The second-order valence-electron chi connectivity index (χ2n) is 6.16. The Hall–Kier alpha value is -2.82. The summed E-state index contributed by atoms with van der Waals surface area (Å²) in [5.41, 5.74) is 3.33. The predicted octanol–water partition coefficient (Wildman–Crippen LogP) is 2.91. The van der Waals surface area contributed by atoms with E-state index < -0.39 is 5.97 Å². The van der Waals surface area contributed by atoms with E-state index in [1.165, 1.54) is 5.56 Å². The number of amides is 1. The van der Waals surface area contributed by atoms with E-state index in [1.807, 2.05) is 17.0 Å². The third-order valence-electron chi connectivity index (χ3n) is 4.63. The number of methoxy groups -OCH3 is 1. The Balaban J connectivity index is 1.65. The van der Waals surface area contributed by atoms with Gasteiger partial charge in [0.05, 0.1) is 12.7 Å². The number of ether oxygens (including phenoxy) is 1. The maximum Gasteiger partial charge on any atom is 0.335 e. The highest BCUT2D eigenvalue weighted by Crippen LogP contribution is 2.24. The molecular formula is C20H21NO4. The molecule has 0 spiro atoms. The fourth-order valence-electron chi connectivity index (χ4n) is 3.22. The Morgan fingerprint density at radius 3 is 2.72 bits per heavy atom. The minimum absolute atomic E-state index is 0.0497. The van der Waals surface area contributed by atoms with Crippen molar-refractivity contribution >= 4 is 11.9 Å². The van der Waals surface area contributed by atoms with E-state index in [1.54, 1.807) is 31.4 Å². The van der Waals surface area contributed by atoms with Crippen molar-refractivity contribution in [2.24, 2.45) is 0 Å². The summed E-state index contributed by atoms with van der Waals surface area (Å²) < 4.78 is 5.26. The second-order valence-corrected chi connectivity index (χ2v) is 6.16. The maximum absolute atomic E-state index is 12.6. The Morgan fingerprint density at radius 2 is 1.96 bits per heavy atom. The van der Waals surface area contributed by atoms with E-state index in [-0.39, 0.29) is 11.5 Å². The van der Waals surface area contributed by atoms with Crippen LogP contribution in [0.5, 0.6) is 5.75 Å². The van der Waals surface area contributed by atoms with Gasteiger partial charge in [-0.1, -0.05) is 24.3 Å². The van der Waals surface area contributed by atoms with Crippen LogP contribution in [0.25, 0.3) is 0 Å². The van der Waals surface area contributed by atoms with Gasteiger partial charge in [0.2, 0.25) is 5.91 Å². The third-order valence-corrected chi connectivity index (χ3v) is 4.63. The van der Waals surface area contributed by atoms with Gasteiger partial charge in [-0.05, 0) is 47.7 Å². The van der Waals surface area contributed by atoms with Gasteiger partial charge in [0.1, 0.15) is 5.75 Å². The number of carbonyl (C=O) groups is 2. The highest BCUT2D eigenvalue weighted by atomic mass is 16.5.